The van der Waals surface area contributed by atoms with Crippen LogP contribution >= 0.6 is 11.8 Å². The lowest BCUT2D eigenvalue weighted by molar-refractivity contribution is -0.128. The number of piperazine rings is 1. The van der Waals surface area contributed by atoms with Crippen molar-refractivity contribution < 1.29 is 13.9 Å². The number of fused-ring (bicyclic) bond motifs is 1. The van der Waals surface area contributed by atoms with Crippen molar-refractivity contribution in [3.8, 4) is 0 Å². The van der Waals surface area contributed by atoms with E-state index < -0.39 is 0 Å². The molecule has 33 heavy (non-hydrogen) atoms. The van der Waals surface area contributed by atoms with Gasteiger partial charge in [0.1, 0.15) is 5.82 Å². The van der Waals surface area contributed by atoms with Gasteiger partial charge in [0.2, 0.25) is 5.91 Å². The second-order valence-corrected chi connectivity index (χ2v) is 8.77. The molecule has 1 saturated heterocycles. The van der Waals surface area contributed by atoms with Crippen LogP contribution in [-0.4, -0.2) is 66.0 Å². The van der Waals surface area contributed by atoms with Gasteiger partial charge in [-0.05, 0) is 30.7 Å². The van der Waals surface area contributed by atoms with Crippen LogP contribution in [-0.2, 0) is 16.1 Å². The number of para-hydroxylation sites is 2. The summed E-state index contributed by atoms with van der Waals surface area (Å²) >= 11 is 1.28. The molecule has 174 valence electrons. The number of amides is 1. The van der Waals surface area contributed by atoms with Crippen molar-refractivity contribution in [1.29, 1.82) is 0 Å². The number of nitrogens with zero attached hydrogens (tertiary/aromatic N) is 4. The summed E-state index contributed by atoms with van der Waals surface area (Å²) in [6.45, 7) is 3.22. The van der Waals surface area contributed by atoms with Gasteiger partial charge in [0.05, 0.1) is 22.3 Å². The van der Waals surface area contributed by atoms with Gasteiger partial charge in [-0.1, -0.05) is 36.0 Å². The Labute approximate surface area is 196 Å². The summed E-state index contributed by atoms with van der Waals surface area (Å²) in [5.41, 5.74) is 1.09. The normalized spacial score (nSPS) is 14.1. The van der Waals surface area contributed by atoms with Crippen molar-refractivity contribution in [3.05, 3.63) is 64.7 Å². The lowest BCUT2D eigenvalue weighted by atomic mass is 10.2. The maximum Gasteiger partial charge on any atom is 0.262 e. The van der Waals surface area contributed by atoms with Gasteiger partial charge >= 0.3 is 0 Å². The zero-order chi connectivity index (χ0) is 23.2. The average molecular weight is 471 g/mol. The van der Waals surface area contributed by atoms with E-state index in [1.165, 1.54) is 17.8 Å². The third-order valence-corrected chi connectivity index (χ3v) is 6.67. The van der Waals surface area contributed by atoms with Gasteiger partial charge in [-0.2, -0.15) is 0 Å². The van der Waals surface area contributed by atoms with Crippen LogP contribution in [0.1, 0.15) is 6.42 Å². The smallest absolute Gasteiger partial charge is 0.262 e. The fourth-order valence-electron chi connectivity index (χ4n) is 3.94. The molecule has 0 radical (unpaired) electrons. The van der Waals surface area contributed by atoms with Crippen LogP contribution in [0.15, 0.2) is 58.5 Å². The van der Waals surface area contributed by atoms with Gasteiger partial charge in [0.15, 0.2) is 5.16 Å². The Bertz CT molecular complexity index is 1180. The van der Waals surface area contributed by atoms with Crippen molar-refractivity contribution in [2.45, 2.75) is 18.1 Å². The first-order valence-electron chi connectivity index (χ1n) is 11.0. The lowest BCUT2D eigenvalue weighted by Gasteiger charge is -2.36. The maximum absolute atomic E-state index is 14.1. The minimum atomic E-state index is -0.248. The maximum atomic E-state index is 14.1. The number of carbonyl (C=O) groups is 1. The van der Waals surface area contributed by atoms with Crippen molar-refractivity contribution in [1.82, 2.24) is 14.5 Å². The molecule has 0 N–H and O–H groups in total. The first-order chi connectivity index (χ1) is 16.1. The molecule has 2 aromatic carbocycles. The Balaban J connectivity index is 1.42. The highest BCUT2D eigenvalue weighted by Gasteiger charge is 2.23. The Kier molecular flexibility index (Phi) is 7.61. The monoisotopic (exact) mass is 470 g/mol. The predicted molar refractivity (Wildman–Crippen MR) is 128 cm³/mol. The van der Waals surface area contributed by atoms with Gasteiger partial charge in [-0.3, -0.25) is 14.2 Å². The van der Waals surface area contributed by atoms with Crippen molar-refractivity contribution in [3.63, 3.8) is 0 Å². The number of hydrogen-bond donors (Lipinski definition) is 0. The van der Waals surface area contributed by atoms with Crippen LogP contribution in [0, 0.1) is 5.82 Å². The summed E-state index contributed by atoms with van der Waals surface area (Å²) in [6.07, 6.45) is 0.677. The van der Waals surface area contributed by atoms with E-state index in [0.29, 0.717) is 67.5 Å². The number of aromatic nitrogens is 2. The molecule has 4 rings (SSSR count). The van der Waals surface area contributed by atoms with Crippen LogP contribution < -0.4 is 10.5 Å². The van der Waals surface area contributed by atoms with E-state index in [1.54, 1.807) is 34.8 Å². The number of carbonyl (C=O) groups excluding carboxylic acids is 1. The Morgan fingerprint density at radius 1 is 1.09 bits per heavy atom. The van der Waals surface area contributed by atoms with Crippen LogP contribution in [0.3, 0.4) is 0 Å². The van der Waals surface area contributed by atoms with Gasteiger partial charge in [-0.25, -0.2) is 9.37 Å². The average Bonchev–Trinajstić information content (AvgIpc) is 2.84. The van der Waals surface area contributed by atoms with Crippen LogP contribution in [0.4, 0.5) is 10.1 Å². The molecule has 0 unspecified atom stereocenters. The molecule has 1 amide bonds. The molecule has 0 saturated carbocycles. The molecule has 2 heterocycles. The molecule has 0 atom stereocenters. The molecule has 0 bridgehead atoms. The molecule has 7 nitrogen and oxygen atoms in total. The summed E-state index contributed by atoms with van der Waals surface area (Å²) < 4.78 is 20.8. The molecular formula is C24H27FN4O3S. The number of thioether (sulfide) groups is 1. The Morgan fingerprint density at radius 2 is 1.82 bits per heavy atom. The van der Waals surface area contributed by atoms with Gasteiger partial charge in [0.25, 0.3) is 5.56 Å². The van der Waals surface area contributed by atoms with Crippen LogP contribution in [0.25, 0.3) is 10.9 Å². The number of benzene rings is 2. The second kappa shape index (κ2) is 10.8. The van der Waals surface area contributed by atoms with Crippen LogP contribution in [0.2, 0.25) is 0 Å². The summed E-state index contributed by atoms with van der Waals surface area (Å²) in [5.74, 6) is -0.0740. The number of halogens is 1. The van der Waals surface area contributed by atoms with E-state index in [4.69, 9.17) is 4.74 Å². The molecular weight excluding hydrogens is 443 g/mol. The second-order valence-electron chi connectivity index (χ2n) is 7.82. The minimum absolute atomic E-state index is 0.0148. The highest BCUT2D eigenvalue weighted by atomic mass is 32.2. The molecule has 1 aromatic heterocycles. The zero-order valence-electron chi connectivity index (χ0n) is 18.6. The van der Waals surface area contributed by atoms with Crippen LogP contribution in [0.5, 0.6) is 0 Å². The van der Waals surface area contributed by atoms with Gasteiger partial charge in [-0.15, -0.1) is 0 Å². The number of hydrogen-bond acceptors (Lipinski definition) is 6. The topological polar surface area (TPSA) is 67.7 Å². The number of ether oxygens (including phenoxy) is 1. The van der Waals surface area contributed by atoms with Crippen molar-refractivity contribution in [2.75, 3.05) is 50.5 Å². The fraction of sp³-hybridized carbons (Fsp3) is 0.375. The van der Waals surface area contributed by atoms with E-state index in [1.807, 2.05) is 29.2 Å². The standard InChI is InChI=1S/C24H27FN4O3S/c1-32-16-6-11-29-23(31)18-7-2-4-9-20(18)26-24(29)33-17-22(30)28-14-12-27(13-15-28)21-10-5-3-8-19(21)25/h2-5,7-10H,6,11-17H2,1H3. The Morgan fingerprint density at radius 3 is 2.58 bits per heavy atom. The molecule has 3 aromatic rings. The molecule has 1 fully saturated rings. The minimum Gasteiger partial charge on any atom is -0.385 e. The van der Waals surface area contributed by atoms with E-state index >= 15 is 0 Å². The predicted octanol–water partition coefficient (Wildman–Crippen LogP) is 3.01. The molecule has 9 heteroatoms. The molecule has 1 aliphatic heterocycles. The quantitative estimate of drug-likeness (QED) is 0.286. The van der Waals surface area contributed by atoms with Crippen molar-refractivity contribution in [2.24, 2.45) is 0 Å². The summed E-state index contributed by atoms with van der Waals surface area (Å²) in [4.78, 5) is 34.3. The Hall–Kier alpha value is -2.91. The number of methoxy groups -OCH3 is 1. The largest absolute Gasteiger partial charge is 0.385 e. The highest BCUT2D eigenvalue weighted by molar-refractivity contribution is 7.99. The summed E-state index contributed by atoms with van der Waals surface area (Å²) in [6, 6.07) is 13.9. The first kappa shape index (κ1) is 23.3. The van der Waals surface area contributed by atoms with E-state index in [9.17, 15) is 14.0 Å². The third-order valence-electron chi connectivity index (χ3n) is 5.71. The van der Waals surface area contributed by atoms with Gasteiger partial charge < -0.3 is 14.5 Å². The first-order valence-corrected chi connectivity index (χ1v) is 12.0. The van der Waals surface area contributed by atoms with Crippen molar-refractivity contribution >= 4 is 34.3 Å². The molecule has 0 aliphatic carbocycles. The summed E-state index contributed by atoms with van der Waals surface area (Å²) in [5, 5.41) is 1.10. The lowest BCUT2D eigenvalue weighted by Crippen LogP contribution is -2.49. The van der Waals surface area contributed by atoms with E-state index in [2.05, 4.69) is 4.98 Å². The molecule has 1 aliphatic rings. The molecule has 0 spiro atoms. The number of anilines is 1. The van der Waals surface area contributed by atoms with Gasteiger partial charge in [0, 0.05) is 46.4 Å². The van der Waals surface area contributed by atoms with E-state index in [-0.39, 0.29) is 23.0 Å². The van der Waals surface area contributed by atoms with E-state index in [0.717, 1.165) is 0 Å². The SMILES string of the molecule is COCCCn1c(SCC(=O)N2CCN(c3ccccc3F)CC2)nc2ccccc2c1=O. The zero-order valence-corrected chi connectivity index (χ0v) is 19.4. The fourth-order valence-corrected chi connectivity index (χ4v) is 4.87. The summed E-state index contributed by atoms with van der Waals surface area (Å²) in [7, 11) is 1.63. The highest BCUT2D eigenvalue weighted by Crippen LogP contribution is 2.22. The number of rotatable bonds is 8. The third kappa shape index (κ3) is 5.36.